The second-order valence-corrected chi connectivity index (χ2v) is 4.39. The molecule has 1 amide bonds. The quantitative estimate of drug-likeness (QED) is 0.811. The molecule has 0 fully saturated rings. The molecule has 0 bridgehead atoms. The van der Waals surface area contributed by atoms with Crippen molar-refractivity contribution < 1.29 is 22.7 Å². The first kappa shape index (κ1) is 16.3. The summed E-state index contributed by atoms with van der Waals surface area (Å²) < 4.78 is 42.8. The summed E-state index contributed by atoms with van der Waals surface area (Å²) in [6.07, 6.45) is -4.53. The van der Waals surface area contributed by atoms with Gasteiger partial charge in [0.2, 0.25) is 0 Å². The molecule has 1 aromatic rings. The van der Waals surface area contributed by atoms with Crippen LogP contribution in [-0.4, -0.2) is 29.8 Å². The molecule has 0 aliphatic rings. The number of rotatable bonds is 5. The van der Waals surface area contributed by atoms with Crippen LogP contribution in [0.3, 0.4) is 0 Å². The summed E-state index contributed by atoms with van der Waals surface area (Å²) in [4.78, 5) is 12.7. The third-order valence-electron chi connectivity index (χ3n) is 2.92. The molecule has 6 heteroatoms. The van der Waals surface area contributed by atoms with Crippen molar-refractivity contribution in [3.63, 3.8) is 0 Å². The highest BCUT2D eigenvalue weighted by Crippen LogP contribution is 2.22. The standard InChI is InChI=1S/C14H18F3NO2/c1-3-11(4-2)18(10-14(15,16)17)13(19)20-12-8-6-5-7-9-12/h5-9,11H,3-4,10H2,1-2H3. The fourth-order valence-corrected chi connectivity index (χ4v) is 1.91. The SMILES string of the molecule is CCC(CC)N(CC(F)(F)F)C(=O)Oc1ccccc1. The first-order chi connectivity index (χ1) is 9.37. The lowest BCUT2D eigenvalue weighted by Crippen LogP contribution is -2.46. The van der Waals surface area contributed by atoms with Gasteiger partial charge in [0, 0.05) is 6.04 Å². The van der Waals surface area contributed by atoms with E-state index in [1.807, 2.05) is 0 Å². The largest absolute Gasteiger partial charge is 0.415 e. The molecule has 0 unspecified atom stereocenters. The summed E-state index contributed by atoms with van der Waals surface area (Å²) in [5.74, 6) is 0.232. The molecule has 0 atom stereocenters. The van der Waals surface area contributed by atoms with Crippen LogP contribution in [0.2, 0.25) is 0 Å². The Morgan fingerprint density at radius 3 is 2.20 bits per heavy atom. The lowest BCUT2D eigenvalue weighted by atomic mass is 10.1. The Bertz CT molecular complexity index is 416. The molecule has 1 aromatic carbocycles. The topological polar surface area (TPSA) is 29.5 Å². The Hall–Kier alpha value is -1.72. The minimum atomic E-state index is -4.45. The molecular formula is C14H18F3NO2. The number of amides is 1. The van der Waals surface area contributed by atoms with Gasteiger partial charge in [-0.3, -0.25) is 4.90 Å². The number of alkyl halides is 3. The third-order valence-corrected chi connectivity index (χ3v) is 2.92. The van der Waals surface area contributed by atoms with E-state index in [2.05, 4.69) is 0 Å². The monoisotopic (exact) mass is 289 g/mol. The lowest BCUT2D eigenvalue weighted by Gasteiger charge is -2.30. The molecule has 0 N–H and O–H groups in total. The summed E-state index contributed by atoms with van der Waals surface area (Å²) in [5.41, 5.74) is 0. The molecule has 0 radical (unpaired) electrons. The van der Waals surface area contributed by atoms with Crippen molar-refractivity contribution in [2.24, 2.45) is 0 Å². The molecule has 0 saturated heterocycles. The van der Waals surface area contributed by atoms with Crippen LogP contribution in [-0.2, 0) is 0 Å². The molecule has 0 saturated carbocycles. The van der Waals surface area contributed by atoms with Gasteiger partial charge in [-0.25, -0.2) is 4.79 Å². The molecular weight excluding hydrogens is 271 g/mol. The number of halogens is 3. The van der Waals surface area contributed by atoms with Gasteiger partial charge < -0.3 is 4.74 Å². The maximum absolute atomic E-state index is 12.6. The Kier molecular flexibility index (Phi) is 5.85. The maximum atomic E-state index is 12.6. The van der Waals surface area contributed by atoms with E-state index >= 15 is 0 Å². The highest BCUT2D eigenvalue weighted by molar-refractivity contribution is 5.71. The zero-order valence-electron chi connectivity index (χ0n) is 11.5. The molecule has 20 heavy (non-hydrogen) atoms. The van der Waals surface area contributed by atoms with Crippen molar-refractivity contribution in [1.82, 2.24) is 4.90 Å². The predicted molar refractivity (Wildman–Crippen MR) is 69.6 cm³/mol. The second-order valence-electron chi connectivity index (χ2n) is 4.39. The summed E-state index contributed by atoms with van der Waals surface area (Å²) in [7, 11) is 0. The van der Waals surface area contributed by atoms with Gasteiger partial charge in [0.25, 0.3) is 0 Å². The van der Waals surface area contributed by atoms with Crippen LogP contribution >= 0.6 is 0 Å². The van der Waals surface area contributed by atoms with Crippen LogP contribution in [0.5, 0.6) is 5.75 Å². The minimum absolute atomic E-state index is 0.232. The minimum Gasteiger partial charge on any atom is -0.410 e. The predicted octanol–water partition coefficient (Wildman–Crippen LogP) is 4.24. The van der Waals surface area contributed by atoms with Crippen molar-refractivity contribution in [1.29, 1.82) is 0 Å². The van der Waals surface area contributed by atoms with Crippen molar-refractivity contribution in [3.05, 3.63) is 30.3 Å². The Balaban J connectivity index is 2.83. The summed E-state index contributed by atoms with van der Waals surface area (Å²) >= 11 is 0. The number of para-hydroxylation sites is 1. The fraction of sp³-hybridized carbons (Fsp3) is 0.500. The molecule has 0 aliphatic carbocycles. The maximum Gasteiger partial charge on any atom is 0.415 e. The van der Waals surface area contributed by atoms with Gasteiger partial charge in [0.05, 0.1) is 0 Å². The van der Waals surface area contributed by atoms with Gasteiger partial charge in [0.1, 0.15) is 12.3 Å². The van der Waals surface area contributed by atoms with Crippen LogP contribution in [0, 0.1) is 0 Å². The smallest absolute Gasteiger partial charge is 0.410 e. The van der Waals surface area contributed by atoms with Gasteiger partial charge in [-0.2, -0.15) is 13.2 Å². The first-order valence-electron chi connectivity index (χ1n) is 6.47. The van der Waals surface area contributed by atoms with Crippen LogP contribution in [0.1, 0.15) is 26.7 Å². The van der Waals surface area contributed by atoms with Crippen molar-refractivity contribution in [2.45, 2.75) is 38.9 Å². The van der Waals surface area contributed by atoms with E-state index in [9.17, 15) is 18.0 Å². The van der Waals surface area contributed by atoms with E-state index in [4.69, 9.17) is 4.74 Å². The number of ether oxygens (including phenoxy) is 1. The molecule has 3 nitrogen and oxygen atoms in total. The van der Waals surface area contributed by atoms with Crippen LogP contribution < -0.4 is 4.74 Å². The van der Waals surface area contributed by atoms with Gasteiger partial charge >= 0.3 is 12.3 Å². The zero-order valence-corrected chi connectivity index (χ0v) is 11.5. The van der Waals surface area contributed by atoms with E-state index in [-0.39, 0.29) is 5.75 Å². The Labute approximate surface area is 116 Å². The van der Waals surface area contributed by atoms with Crippen LogP contribution in [0.15, 0.2) is 30.3 Å². The normalized spacial score (nSPS) is 11.5. The first-order valence-corrected chi connectivity index (χ1v) is 6.47. The van der Waals surface area contributed by atoms with Gasteiger partial charge in [0.15, 0.2) is 0 Å². The second kappa shape index (κ2) is 7.17. The Morgan fingerprint density at radius 1 is 1.20 bits per heavy atom. The van der Waals surface area contributed by atoms with E-state index in [1.165, 1.54) is 12.1 Å². The van der Waals surface area contributed by atoms with Crippen molar-refractivity contribution >= 4 is 6.09 Å². The van der Waals surface area contributed by atoms with Gasteiger partial charge in [-0.15, -0.1) is 0 Å². The summed E-state index contributed by atoms with van der Waals surface area (Å²) in [5, 5.41) is 0. The number of benzene rings is 1. The highest BCUT2D eigenvalue weighted by atomic mass is 19.4. The highest BCUT2D eigenvalue weighted by Gasteiger charge is 2.36. The van der Waals surface area contributed by atoms with Crippen LogP contribution in [0.4, 0.5) is 18.0 Å². The molecule has 0 heterocycles. The molecule has 112 valence electrons. The average molecular weight is 289 g/mol. The molecule has 0 aromatic heterocycles. The van der Waals surface area contributed by atoms with E-state index in [0.717, 1.165) is 4.90 Å². The summed E-state index contributed by atoms with van der Waals surface area (Å²) in [6.45, 7) is 2.19. The zero-order chi connectivity index (χ0) is 15.2. The molecule has 0 aliphatic heterocycles. The molecule has 1 rings (SSSR count). The number of carbonyl (C=O) groups excluding carboxylic acids is 1. The number of nitrogens with zero attached hydrogens (tertiary/aromatic N) is 1. The number of hydrogen-bond acceptors (Lipinski definition) is 2. The van der Waals surface area contributed by atoms with E-state index in [0.29, 0.717) is 12.8 Å². The van der Waals surface area contributed by atoms with Gasteiger partial charge in [-0.1, -0.05) is 32.0 Å². The lowest BCUT2D eigenvalue weighted by molar-refractivity contribution is -0.145. The van der Waals surface area contributed by atoms with Crippen molar-refractivity contribution in [3.8, 4) is 5.75 Å². The average Bonchev–Trinajstić information content (AvgIpc) is 2.38. The van der Waals surface area contributed by atoms with E-state index in [1.54, 1.807) is 32.0 Å². The molecule has 0 spiro atoms. The third kappa shape index (κ3) is 5.11. The van der Waals surface area contributed by atoms with Gasteiger partial charge in [-0.05, 0) is 25.0 Å². The van der Waals surface area contributed by atoms with Crippen molar-refractivity contribution in [2.75, 3.05) is 6.54 Å². The number of carbonyl (C=O) groups is 1. The van der Waals surface area contributed by atoms with Crippen LogP contribution in [0.25, 0.3) is 0 Å². The van der Waals surface area contributed by atoms with E-state index < -0.39 is 24.9 Å². The fourth-order valence-electron chi connectivity index (χ4n) is 1.91. The number of hydrogen-bond donors (Lipinski definition) is 0. The summed E-state index contributed by atoms with van der Waals surface area (Å²) in [6, 6.07) is 7.58. The Morgan fingerprint density at radius 2 is 1.75 bits per heavy atom.